The summed E-state index contributed by atoms with van der Waals surface area (Å²) in [6, 6.07) is 0. The maximum atomic E-state index is 13.1. The van der Waals surface area contributed by atoms with E-state index in [0.717, 1.165) is 108 Å². The molecule has 3 N–H and O–H groups in total. The minimum atomic E-state index is -4.96. The monoisotopic (exact) mass is 1410 g/mol. The number of ether oxygens (including phenoxy) is 4. The van der Waals surface area contributed by atoms with Crippen molar-refractivity contribution in [2.75, 3.05) is 39.6 Å². The fraction of sp³-hybridized carbons (Fsp3) is 0.948. The van der Waals surface area contributed by atoms with Gasteiger partial charge in [0.05, 0.1) is 26.4 Å². The summed E-state index contributed by atoms with van der Waals surface area (Å²) in [7, 11) is -9.92. The van der Waals surface area contributed by atoms with Gasteiger partial charge in [-0.15, -0.1) is 0 Å². The van der Waals surface area contributed by atoms with Crippen molar-refractivity contribution in [1.29, 1.82) is 0 Å². The minimum absolute atomic E-state index is 0.105. The van der Waals surface area contributed by atoms with E-state index in [-0.39, 0.29) is 25.7 Å². The molecule has 6 atom stereocenters. The smallest absolute Gasteiger partial charge is 0.462 e. The van der Waals surface area contributed by atoms with Gasteiger partial charge < -0.3 is 33.8 Å². The predicted molar refractivity (Wildman–Crippen MR) is 391 cm³/mol. The van der Waals surface area contributed by atoms with Gasteiger partial charge in [-0.25, -0.2) is 9.13 Å². The topological polar surface area (TPSA) is 237 Å². The van der Waals surface area contributed by atoms with Gasteiger partial charge in [0.2, 0.25) is 0 Å². The van der Waals surface area contributed by atoms with Crippen LogP contribution in [0.3, 0.4) is 0 Å². The molecular weight excluding hydrogens is 1260 g/mol. The highest BCUT2D eigenvalue weighted by Crippen LogP contribution is 2.45. The van der Waals surface area contributed by atoms with Crippen molar-refractivity contribution in [3.8, 4) is 0 Å². The van der Waals surface area contributed by atoms with Crippen LogP contribution in [0.2, 0.25) is 0 Å². The number of carbonyl (C=O) groups is 4. The first-order chi connectivity index (χ1) is 46.3. The van der Waals surface area contributed by atoms with Gasteiger partial charge in [0.25, 0.3) is 0 Å². The molecule has 0 saturated heterocycles. The number of phosphoric acid groups is 2. The van der Waals surface area contributed by atoms with E-state index in [1.807, 2.05) is 0 Å². The Morgan fingerprint density at radius 2 is 0.531 bits per heavy atom. The lowest BCUT2D eigenvalue weighted by Crippen LogP contribution is -2.30. The SMILES string of the molecule is CCCCCCCCCCCCCCCCCCCC(=O)O[C@H](COC(=O)CCCCCCCCCCCCCC(C)C)COP(=O)(O)OC[C@@H](O)COP(=O)(O)OC[C@@H](COC(=O)CCCCCCCCCCC(C)CC)OC(=O)CCCCCCCCCCCCC(C)C. The van der Waals surface area contributed by atoms with Gasteiger partial charge in [-0.05, 0) is 43.4 Å². The van der Waals surface area contributed by atoms with Crippen LogP contribution in [0.1, 0.15) is 395 Å². The molecule has 0 fully saturated rings. The van der Waals surface area contributed by atoms with Gasteiger partial charge >= 0.3 is 39.5 Å². The number of esters is 4. The van der Waals surface area contributed by atoms with Crippen LogP contribution >= 0.6 is 15.6 Å². The molecule has 570 valence electrons. The summed E-state index contributed by atoms with van der Waals surface area (Å²) in [5, 5.41) is 10.6. The molecule has 0 aromatic rings. The molecule has 0 aromatic carbocycles. The largest absolute Gasteiger partial charge is 0.472 e. The Labute approximate surface area is 588 Å². The molecule has 0 saturated carbocycles. The zero-order valence-corrected chi connectivity index (χ0v) is 64.6. The molecule has 19 heteroatoms. The summed E-state index contributed by atoms with van der Waals surface area (Å²) in [6.07, 6.45) is 54.0. The van der Waals surface area contributed by atoms with Crippen molar-refractivity contribution < 1.29 is 80.2 Å². The second-order valence-electron chi connectivity index (χ2n) is 28.9. The molecule has 0 bridgehead atoms. The number of aliphatic hydroxyl groups excluding tert-OH is 1. The van der Waals surface area contributed by atoms with Gasteiger partial charge in [-0.2, -0.15) is 0 Å². The van der Waals surface area contributed by atoms with Crippen molar-refractivity contribution >= 4 is 39.5 Å². The first-order valence-electron chi connectivity index (χ1n) is 39.9. The van der Waals surface area contributed by atoms with Crippen LogP contribution in [-0.4, -0.2) is 96.7 Å². The number of rotatable bonds is 75. The number of carbonyl (C=O) groups excluding carboxylic acids is 4. The second kappa shape index (κ2) is 67.5. The molecular formula is C77H150O17P2. The fourth-order valence-electron chi connectivity index (χ4n) is 11.7. The molecule has 0 heterocycles. The Bertz CT molecular complexity index is 1870. The standard InChI is InChI=1S/C77H150O17P2/c1-8-10-11-12-13-14-15-16-17-18-19-20-23-30-39-46-53-60-76(81)93-72(64-87-74(79)58-51-44-37-29-24-21-22-27-34-41-48-55-68(3)4)66-91-95(83,84)89-62-71(78)63-90-96(85,86)92-67-73(65-88-75(80)59-52-45-38-33-32-36-43-50-57-70(7)9-2)94-77(82)61-54-47-40-31-26-25-28-35-42-49-56-69(5)6/h68-73,78H,8-67H2,1-7H3,(H,83,84)(H,85,86)/t70?,71-,72-,73-/m1/s1. The Morgan fingerprint density at radius 3 is 0.792 bits per heavy atom. The van der Waals surface area contributed by atoms with Crippen LogP contribution in [0, 0.1) is 17.8 Å². The molecule has 0 aliphatic rings. The van der Waals surface area contributed by atoms with E-state index < -0.39 is 97.5 Å². The molecule has 0 aromatic heterocycles. The maximum Gasteiger partial charge on any atom is 0.472 e. The van der Waals surface area contributed by atoms with Crippen molar-refractivity contribution in [2.24, 2.45) is 17.8 Å². The number of unbranched alkanes of at least 4 members (excludes halogenated alkanes) is 42. The van der Waals surface area contributed by atoms with Crippen molar-refractivity contribution in [1.82, 2.24) is 0 Å². The van der Waals surface area contributed by atoms with Crippen LogP contribution in [-0.2, 0) is 65.4 Å². The summed E-state index contributed by atoms with van der Waals surface area (Å²) in [6.45, 7) is 11.9. The normalized spacial score (nSPS) is 14.3. The molecule has 0 amide bonds. The molecule has 0 aliphatic heterocycles. The van der Waals surface area contributed by atoms with Crippen LogP contribution in [0.15, 0.2) is 0 Å². The van der Waals surface area contributed by atoms with Crippen molar-refractivity contribution in [2.45, 2.75) is 414 Å². The number of hydrogen-bond acceptors (Lipinski definition) is 15. The molecule has 3 unspecified atom stereocenters. The highest BCUT2D eigenvalue weighted by atomic mass is 31.2. The Kier molecular flexibility index (Phi) is 66.2. The molecule has 0 spiro atoms. The molecule has 0 rings (SSSR count). The predicted octanol–water partition coefficient (Wildman–Crippen LogP) is 22.6. The van der Waals surface area contributed by atoms with Crippen molar-refractivity contribution in [3.05, 3.63) is 0 Å². The Hall–Kier alpha value is -1.94. The summed E-state index contributed by atoms with van der Waals surface area (Å²) in [5.41, 5.74) is 0. The van der Waals surface area contributed by atoms with E-state index in [2.05, 4.69) is 48.5 Å². The second-order valence-corrected chi connectivity index (χ2v) is 31.8. The van der Waals surface area contributed by atoms with E-state index in [1.54, 1.807) is 0 Å². The summed E-state index contributed by atoms with van der Waals surface area (Å²) >= 11 is 0. The lowest BCUT2D eigenvalue weighted by atomic mass is 9.99. The lowest BCUT2D eigenvalue weighted by molar-refractivity contribution is -0.161. The molecule has 0 radical (unpaired) electrons. The maximum absolute atomic E-state index is 13.1. The zero-order valence-electron chi connectivity index (χ0n) is 62.8. The van der Waals surface area contributed by atoms with E-state index in [9.17, 15) is 43.2 Å². The number of hydrogen-bond donors (Lipinski definition) is 3. The summed E-state index contributed by atoms with van der Waals surface area (Å²) in [4.78, 5) is 72.9. The first-order valence-corrected chi connectivity index (χ1v) is 42.9. The highest BCUT2D eigenvalue weighted by Gasteiger charge is 2.30. The van der Waals surface area contributed by atoms with Crippen LogP contribution in [0.5, 0.6) is 0 Å². The zero-order chi connectivity index (χ0) is 70.9. The van der Waals surface area contributed by atoms with Crippen LogP contribution in [0.4, 0.5) is 0 Å². The van der Waals surface area contributed by atoms with Crippen LogP contribution < -0.4 is 0 Å². The van der Waals surface area contributed by atoms with Gasteiger partial charge in [0, 0.05) is 25.7 Å². The third-order valence-corrected chi connectivity index (χ3v) is 20.1. The third-order valence-electron chi connectivity index (χ3n) is 18.2. The fourth-order valence-corrected chi connectivity index (χ4v) is 13.3. The van der Waals surface area contributed by atoms with Crippen molar-refractivity contribution in [3.63, 3.8) is 0 Å². The first kappa shape index (κ1) is 94.1. The molecule has 96 heavy (non-hydrogen) atoms. The Balaban J connectivity index is 5.27. The van der Waals surface area contributed by atoms with E-state index in [0.29, 0.717) is 25.7 Å². The number of aliphatic hydroxyl groups is 1. The molecule has 17 nitrogen and oxygen atoms in total. The van der Waals surface area contributed by atoms with E-state index in [1.165, 1.54) is 205 Å². The lowest BCUT2D eigenvalue weighted by Gasteiger charge is -2.21. The van der Waals surface area contributed by atoms with Crippen LogP contribution in [0.25, 0.3) is 0 Å². The number of phosphoric ester groups is 2. The Morgan fingerprint density at radius 1 is 0.302 bits per heavy atom. The third kappa shape index (κ3) is 69.2. The van der Waals surface area contributed by atoms with Gasteiger partial charge in [0.15, 0.2) is 12.2 Å². The van der Waals surface area contributed by atoms with Gasteiger partial charge in [-0.3, -0.25) is 37.3 Å². The molecule has 0 aliphatic carbocycles. The van der Waals surface area contributed by atoms with E-state index in [4.69, 9.17) is 37.0 Å². The quantitative estimate of drug-likeness (QED) is 0.0222. The minimum Gasteiger partial charge on any atom is -0.462 e. The average Bonchev–Trinajstić information content (AvgIpc) is 1.47. The highest BCUT2D eigenvalue weighted by molar-refractivity contribution is 7.47. The summed E-state index contributed by atoms with van der Waals surface area (Å²) in [5.74, 6) is 0.185. The van der Waals surface area contributed by atoms with E-state index >= 15 is 0 Å². The summed E-state index contributed by atoms with van der Waals surface area (Å²) < 4.78 is 68.6. The average molecular weight is 1410 g/mol. The van der Waals surface area contributed by atoms with Gasteiger partial charge in [-0.1, -0.05) is 344 Å². The van der Waals surface area contributed by atoms with Gasteiger partial charge in [0.1, 0.15) is 19.3 Å².